The lowest BCUT2D eigenvalue weighted by Crippen LogP contribution is -2.29. The van der Waals surface area contributed by atoms with Crippen molar-refractivity contribution in [3.05, 3.63) is 106 Å². The van der Waals surface area contributed by atoms with E-state index in [2.05, 4.69) is 6.92 Å². The van der Waals surface area contributed by atoms with Crippen LogP contribution >= 0.6 is 0 Å². The number of benzene rings is 3. The van der Waals surface area contributed by atoms with Crippen molar-refractivity contribution in [3.63, 3.8) is 0 Å². The second kappa shape index (κ2) is 8.23. The summed E-state index contributed by atoms with van der Waals surface area (Å²) in [7, 11) is 0. The molecule has 1 aliphatic heterocycles. The maximum Gasteiger partial charge on any atom is 0.300 e. The topological polar surface area (TPSA) is 57.6 Å². The summed E-state index contributed by atoms with van der Waals surface area (Å²) in [5.74, 6) is -1.46. The molecule has 0 saturated carbocycles. The number of anilines is 1. The van der Waals surface area contributed by atoms with Crippen LogP contribution in [0.25, 0.3) is 5.76 Å². The first-order valence-corrected chi connectivity index (χ1v) is 10.4. The van der Waals surface area contributed by atoms with E-state index in [1.165, 1.54) is 4.90 Å². The number of carbonyl (C=O) groups is 2. The SMILES string of the molecule is CCc1ccc(C2/C(=C(/O)c3ccc(C)c(C)c3)C(=O)C(=O)N2c2ccccc2)cc1. The summed E-state index contributed by atoms with van der Waals surface area (Å²) < 4.78 is 0. The van der Waals surface area contributed by atoms with Crippen LogP contribution < -0.4 is 4.90 Å². The van der Waals surface area contributed by atoms with Gasteiger partial charge in [0.15, 0.2) is 0 Å². The summed E-state index contributed by atoms with van der Waals surface area (Å²) in [4.78, 5) is 27.7. The number of carbonyl (C=O) groups excluding carboxylic acids is 2. The number of hydrogen-bond acceptors (Lipinski definition) is 3. The third kappa shape index (κ3) is 3.66. The molecule has 1 unspecified atom stereocenters. The monoisotopic (exact) mass is 411 g/mol. The zero-order valence-corrected chi connectivity index (χ0v) is 17.9. The molecule has 0 radical (unpaired) electrons. The molecule has 0 spiro atoms. The quantitative estimate of drug-likeness (QED) is 0.351. The summed E-state index contributed by atoms with van der Waals surface area (Å²) >= 11 is 0. The Bertz CT molecular complexity index is 1180. The maximum absolute atomic E-state index is 13.2. The Morgan fingerprint density at radius 3 is 2.19 bits per heavy atom. The molecule has 1 amide bonds. The van der Waals surface area contributed by atoms with Crippen LogP contribution in [0.4, 0.5) is 5.69 Å². The van der Waals surface area contributed by atoms with Gasteiger partial charge in [-0.2, -0.15) is 0 Å². The Balaban J connectivity index is 1.93. The summed E-state index contributed by atoms with van der Waals surface area (Å²) in [6.45, 7) is 6.02. The maximum atomic E-state index is 13.2. The molecular formula is C27H25NO3. The Kier molecular flexibility index (Phi) is 5.47. The van der Waals surface area contributed by atoms with Gasteiger partial charge in [0.25, 0.3) is 11.7 Å². The van der Waals surface area contributed by atoms with Crippen LogP contribution in [0.1, 0.15) is 40.8 Å². The molecule has 31 heavy (non-hydrogen) atoms. The summed E-state index contributed by atoms with van der Waals surface area (Å²) in [6.07, 6.45) is 0.891. The van der Waals surface area contributed by atoms with Gasteiger partial charge in [-0.1, -0.05) is 61.5 Å². The van der Waals surface area contributed by atoms with Crippen molar-refractivity contribution in [3.8, 4) is 0 Å². The van der Waals surface area contributed by atoms with Crippen molar-refractivity contribution in [1.82, 2.24) is 0 Å². The number of para-hydroxylation sites is 1. The fourth-order valence-electron chi connectivity index (χ4n) is 3.98. The second-order valence-electron chi connectivity index (χ2n) is 7.90. The van der Waals surface area contributed by atoms with Crippen molar-refractivity contribution in [2.45, 2.75) is 33.2 Å². The van der Waals surface area contributed by atoms with Crippen LogP contribution in [-0.4, -0.2) is 16.8 Å². The van der Waals surface area contributed by atoms with Crippen molar-refractivity contribution < 1.29 is 14.7 Å². The molecule has 1 N–H and O–H groups in total. The molecule has 1 atom stereocenters. The minimum absolute atomic E-state index is 0.112. The number of aliphatic hydroxyl groups excluding tert-OH is 1. The highest BCUT2D eigenvalue weighted by molar-refractivity contribution is 6.51. The predicted molar refractivity (Wildman–Crippen MR) is 123 cm³/mol. The van der Waals surface area contributed by atoms with E-state index in [-0.39, 0.29) is 11.3 Å². The molecule has 1 heterocycles. The smallest absolute Gasteiger partial charge is 0.300 e. The minimum atomic E-state index is -0.699. The van der Waals surface area contributed by atoms with Crippen molar-refractivity contribution in [2.75, 3.05) is 4.90 Å². The molecule has 0 bridgehead atoms. The first-order valence-electron chi connectivity index (χ1n) is 10.4. The lowest BCUT2D eigenvalue weighted by atomic mass is 9.93. The average Bonchev–Trinajstić information content (AvgIpc) is 3.06. The van der Waals surface area contributed by atoms with Crippen molar-refractivity contribution in [1.29, 1.82) is 0 Å². The second-order valence-corrected chi connectivity index (χ2v) is 7.90. The molecule has 1 fully saturated rings. The molecule has 0 aromatic heterocycles. The van der Waals surface area contributed by atoms with Crippen LogP contribution in [0.2, 0.25) is 0 Å². The third-order valence-electron chi connectivity index (χ3n) is 5.96. The molecule has 4 rings (SSSR count). The molecular weight excluding hydrogens is 386 g/mol. The standard InChI is InChI=1S/C27H25NO3/c1-4-19-11-14-20(15-12-19)24-23(25(29)21-13-10-17(2)18(3)16-21)26(30)27(31)28(24)22-8-6-5-7-9-22/h5-16,24,29H,4H2,1-3H3/b25-23-. The molecule has 0 aliphatic carbocycles. The number of amides is 1. The van der Waals surface area contributed by atoms with Crippen LogP contribution in [0.15, 0.2) is 78.4 Å². The van der Waals surface area contributed by atoms with Gasteiger partial charge < -0.3 is 5.11 Å². The van der Waals surface area contributed by atoms with Gasteiger partial charge in [0.05, 0.1) is 11.6 Å². The Morgan fingerprint density at radius 2 is 1.58 bits per heavy atom. The van der Waals surface area contributed by atoms with Gasteiger partial charge in [0.2, 0.25) is 0 Å². The number of nitrogens with zero attached hydrogens (tertiary/aromatic N) is 1. The molecule has 156 valence electrons. The molecule has 1 saturated heterocycles. The number of rotatable bonds is 4. The molecule has 4 nitrogen and oxygen atoms in total. The van der Waals surface area contributed by atoms with Gasteiger partial charge in [-0.15, -0.1) is 0 Å². The van der Waals surface area contributed by atoms with Crippen LogP contribution in [0.3, 0.4) is 0 Å². The van der Waals surface area contributed by atoms with Gasteiger partial charge in [0, 0.05) is 11.3 Å². The van der Waals surface area contributed by atoms with E-state index in [9.17, 15) is 14.7 Å². The molecule has 3 aromatic rings. The average molecular weight is 412 g/mol. The lowest BCUT2D eigenvalue weighted by Gasteiger charge is -2.25. The first-order chi connectivity index (χ1) is 14.9. The van der Waals surface area contributed by atoms with Gasteiger partial charge >= 0.3 is 0 Å². The normalized spacial score (nSPS) is 17.9. The van der Waals surface area contributed by atoms with E-state index in [0.717, 1.165) is 28.7 Å². The minimum Gasteiger partial charge on any atom is -0.507 e. The van der Waals surface area contributed by atoms with Gasteiger partial charge in [-0.3, -0.25) is 14.5 Å². The zero-order valence-electron chi connectivity index (χ0n) is 17.9. The van der Waals surface area contributed by atoms with E-state index < -0.39 is 17.7 Å². The summed E-state index contributed by atoms with van der Waals surface area (Å²) in [5.41, 5.74) is 5.30. The van der Waals surface area contributed by atoms with E-state index >= 15 is 0 Å². The highest BCUT2D eigenvalue weighted by Crippen LogP contribution is 2.42. The van der Waals surface area contributed by atoms with Crippen LogP contribution in [0, 0.1) is 13.8 Å². The van der Waals surface area contributed by atoms with Gasteiger partial charge in [0.1, 0.15) is 5.76 Å². The van der Waals surface area contributed by atoms with Crippen molar-refractivity contribution in [2.24, 2.45) is 0 Å². The molecule has 4 heteroatoms. The fourth-order valence-corrected chi connectivity index (χ4v) is 3.98. The summed E-state index contributed by atoms with van der Waals surface area (Å²) in [6, 6.07) is 21.8. The van der Waals surface area contributed by atoms with E-state index in [1.54, 1.807) is 18.2 Å². The number of Topliss-reactive ketones (excluding diaryl/α,β-unsaturated/α-hetero) is 1. The zero-order chi connectivity index (χ0) is 22.1. The molecule has 1 aliphatic rings. The Morgan fingerprint density at radius 1 is 0.903 bits per heavy atom. The van der Waals surface area contributed by atoms with Crippen LogP contribution in [-0.2, 0) is 16.0 Å². The van der Waals surface area contributed by atoms with E-state index in [0.29, 0.717) is 11.3 Å². The van der Waals surface area contributed by atoms with E-state index in [4.69, 9.17) is 0 Å². The fraction of sp³-hybridized carbons (Fsp3) is 0.185. The largest absolute Gasteiger partial charge is 0.507 e. The van der Waals surface area contributed by atoms with Gasteiger partial charge in [-0.25, -0.2) is 0 Å². The van der Waals surface area contributed by atoms with Crippen molar-refractivity contribution >= 4 is 23.1 Å². The number of aryl methyl sites for hydroxylation is 3. The Hall–Kier alpha value is -3.66. The number of ketones is 1. The Labute approximate surface area is 182 Å². The number of hydrogen-bond donors (Lipinski definition) is 1. The van der Waals surface area contributed by atoms with Gasteiger partial charge in [-0.05, 0) is 60.7 Å². The highest BCUT2D eigenvalue weighted by Gasteiger charge is 2.46. The van der Waals surface area contributed by atoms with E-state index in [1.807, 2.05) is 68.4 Å². The predicted octanol–water partition coefficient (Wildman–Crippen LogP) is 5.49. The number of aliphatic hydroxyl groups is 1. The first kappa shape index (κ1) is 20.6. The summed E-state index contributed by atoms with van der Waals surface area (Å²) in [5, 5.41) is 11.2. The lowest BCUT2D eigenvalue weighted by molar-refractivity contribution is -0.132. The van der Waals surface area contributed by atoms with Crippen LogP contribution in [0.5, 0.6) is 0 Å². The highest BCUT2D eigenvalue weighted by atomic mass is 16.3. The third-order valence-corrected chi connectivity index (χ3v) is 5.96. The molecule has 3 aromatic carbocycles.